The van der Waals surface area contributed by atoms with Crippen LogP contribution in [0.4, 0.5) is 0 Å². The van der Waals surface area contributed by atoms with E-state index in [1.54, 1.807) is 0 Å². The molecule has 4 nitrogen and oxygen atoms in total. The minimum Gasteiger partial charge on any atom is -0.378 e. The molecule has 2 aliphatic carbocycles. The van der Waals surface area contributed by atoms with Crippen LogP contribution in [-0.2, 0) is 9.53 Å². The van der Waals surface area contributed by atoms with E-state index in [1.165, 1.54) is 0 Å². The van der Waals surface area contributed by atoms with Crippen molar-refractivity contribution in [1.29, 1.82) is 0 Å². The fraction of sp³-hybridized carbons (Fsp3) is 0.938. The molecule has 0 unspecified atom stereocenters. The molecule has 116 valence electrons. The average molecular weight is 282 g/mol. The van der Waals surface area contributed by atoms with Gasteiger partial charge in [-0.15, -0.1) is 0 Å². The highest BCUT2D eigenvalue weighted by atomic mass is 16.5. The van der Waals surface area contributed by atoms with Crippen molar-refractivity contribution in [2.45, 2.75) is 72.1 Å². The Balaban J connectivity index is 1.78. The molecule has 0 aromatic heterocycles. The van der Waals surface area contributed by atoms with E-state index in [0.29, 0.717) is 18.4 Å². The molecule has 0 spiro atoms. The average Bonchev–Trinajstić information content (AvgIpc) is 2.32. The number of rotatable bonds is 5. The lowest BCUT2D eigenvalue weighted by Gasteiger charge is -2.63. The third kappa shape index (κ3) is 2.60. The smallest absolute Gasteiger partial charge is 0.220 e. The largest absolute Gasteiger partial charge is 0.378 e. The number of nitrogens with two attached hydrogens (primary N) is 1. The molecule has 0 aliphatic heterocycles. The quantitative estimate of drug-likeness (QED) is 0.811. The van der Waals surface area contributed by atoms with Crippen LogP contribution < -0.4 is 11.1 Å². The Labute approximate surface area is 122 Å². The topological polar surface area (TPSA) is 64.3 Å². The van der Waals surface area contributed by atoms with Crippen LogP contribution in [0, 0.1) is 16.7 Å². The zero-order chi connectivity index (χ0) is 15.1. The highest BCUT2D eigenvalue weighted by Gasteiger charge is 2.60. The van der Waals surface area contributed by atoms with Gasteiger partial charge in [-0.25, -0.2) is 0 Å². The number of amides is 1. The van der Waals surface area contributed by atoms with E-state index < -0.39 is 0 Å². The van der Waals surface area contributed by atoms with Gasteiger partial charge in [-0.05, 0) is 25.7 Å². The van der Waals surface area contributed by atoms with Crippen molar-refractivity contribution in [2.75, 3.05) is 6.61 Å². The van der Waals surface area contributed by atoms with Crippen LogP contribution in [0.25, 0.3) is 0 Å². The maximum Gasteiger partial charge on any atom is 0.220 e. The fourth-order valence-electron chi connectivity index (χ4n) is 4.25. The molecule has 0 radical (unpaired) electrons. The Hall–Kier alpha value is -0.610. The number of hydrogen-bond acceptors (Lipinski definition) is 3. The molecule has 20 heavy (non-hydrogen) atoms. The van der Waals surface area contributed by atoms with Gasteiger partial charge >= 0.3 is 0 Å². The van der Waals surface area contributed by atoms with Crippen molar-refractivity contribution in [3.05, 3.63) is 0 Å². The number of carbonyl (C=O) groups is 1. The van der Waals surface area contributed by atoms with Crippen molar-refractivity contribution < 1.29 is 9.53 Å². The second kappa shape index (κ2) is 5.30. The molecule has 2 saturated carbocycles. The zero-order valence-corrected chi connectivity index (χ0v) is 13.5. The van der Waals surface area contributed by atoms with Crippen LogP contribution in [0.5, 0.6) is 0 Å². The van der Waals surface area contributed by atoms with Crippen molar-refractivity contribution in [2.24, 2.45) is 22.5 Å². The molecule has 2 rings (SSSR count). The van der Waals surface area contributed by atoms with Gasteiger partial charge in [0.25, 0.3) is 0 Å². The van der Waals surface area contributed by atoms with E-state index >= 15 is 0 Å². The van der Waals surface area contributed by atoms with Gasteiger partial charge in [-0.3, -0.25) is 4.79 Å². The second-order valence-electron chi connectivity index (χ2n) is 7.74. The standard InChI is InChI=1S/C16H30N2O2/c1-6-20-11-7-10(8-11)9-12(19)18-14-15(2,3)13(17)16(14,4)5/h10-11,13-14H,6-9,17H2,1-5H3,(H,18,19). The summed E-state index contributed by atoms with van der Waals surface area (Å²) in [5, 5.41) is 3.21. The van der Waals surface area contributed by atoms with E-state index in [0.717, 1.165) is 19.4 Å². The summed E-state index contributed by atoms with van der Waals surface area (Å²) < 4.78 is 5.54. The van der Waals surface area contributed by atoms with E-state index in [4.69, 9.17) is 10.5 Å². The highest BCUT2D eigenvalue weighted by Crippen LogP contribution is 2.52. The summed E-state index contributed by atoms with van der Waals surface area (Å²) in [6.45, 7) is 11.4. The zero-order valence-electron chi connectivity index (χ0n) is 13.5. The van der Waals surface area contributed by atoms with Crippen LogP contribution in [0.2, 0.25) is 0 Å². The highest BCUT2D eigenvalue weighted by molar-refractivity contribution is 5.77. The van der Waals surface area contributed by atoms with Gasteiger partial charge in [0, 0.05) is 35.9 Å². The van der Waals surface area contributed by atoms with Crippen molar-refractivity contribution in [1.82, 2.24) is 5.32 Å². The van der Waals surface area contributed by atoms with E-state index in [9.17, 15) is 4.79 Å². The maximum atomic E-state index is 12.2. The van der Waals surface area contributed by atoms with E-state index in [2.05, 4.69) is 33.0 Å². The normalized spacial score (nSPS) is 37.7. The lowest BCUT2D eigenvalue weighted by atomic mass is 9.48. The number of carbonyl (C=O) groups excluding carboxylic acids is 1. The summed E-state index contributed by atoms with van der Waals surface area (Å²) in [7, 11) is 0. The van der Waals surface area contributed by atoms with E-state index in [1.807, 2.05) is 6.92 Å². The molecular weight excluding hydrogens is 252 g/mol. The number of ether oxygens (including phenoxy) is 1. The van der Waals surface area contributed by atoms with Crippen LogP contribution >= 0.6 is 0 Å². The summed E-state index contributed by atoms with van der Waals surface area (Å²) in [6, 6.07) is 0.298. The monoisotopic (exact) mass is 282 g/mol. The van der Waals surface area contributed by atoms with Crippen LogP contribution in [0.1, 0.15) is 53.9 Å². The molecule has 0 aromatic carbocycles. The summed E-state index contributed by atoms with van der Waals surface area (Å²) >= 11 is 0. The summed E-state index contributed by atoms with van der Waals surface area (Å²) in [6.07, 6.45) is 3.06. The Morgan fingerprint density at radius 1 is 1.25 bits per heavy atom. The molecule has 1 amide bonds. The lowest BCUT2D eigenvalue weighted by Crippen LogP contribution is -2.76. The third-order valence-corrected chi connectivity index (χ3v) is 5.47. The summed E-state index contributed by atoms with van der Waals surface area (Å²) in [5.74, 6) is 0.662. The SMILES string of the molecule is CCOC1CC(CC(=O)NC2C(C)(C)C(N)C2(C)C)C1. The van der Waals surface area contributed by atoms with Gasteiger partial charge in [0.2, 0.25) is 5.91 Å². The molecule has 0 atom stereocenters. The molecule has 0 bridgehead atoms. The summed E-state index contributed by atoms with van der Waals surface area (Å²) in [5.41, 5.74) is 6.18. The summed E-state index contributed by atoms with van der Waals surface area (Å²) in [4.78, 5) is 12.2. The molecule has 0 aromatic rings. The molecule has 2 aliphatic rings. The van der Waals surface area contributed by atoms with Gasteiger partial charge < -0.3 is 15.8 Å². The Kier molecular flexibility index (Phi) is 4.18. The van der Waals surface area contributed by atoms with Gasteiger partial charge in [0.15, 0.2) is 0 Å². The number of hydrogen-bond donors (Lipinski definition) is 2. The Morgan fingerprint density at radius 2 is 1.80 bits per heavy atom. The Morgan fingerprint density at radius 3 is 2.30 bits per heavy atom. The molecule has 2 fully saturated rings. The van der Waals surface area contributed by atoms with Crippen LogP contribution in [0.15, 0.2) is 0 Å². The number of nitrogens with one attached hydrogen (secondary N) is 1. The fourth-order valence-corrected chi connectivity index (χ4v) is 4.25. The van der Waals surface area contributed by atoms with Crippen molar-refractivity contribution >= 4 is 5.91 Å². The van der Waals surface area contributed by atoms with Gasteiger partial charge in [0.05, 0.1) is 6.10 Å². The minimum absolute atomic E-state index is 0.0212. The van der Waals surface area contributed by atoms with Crippen molar-refractivity contribution in [3.63, 3.8) is 0 Å². The molecule has 0 saturated heterocycles. The maximum absolute atomic E-state index is 12.2. The van der Waals surface area contributed by atoms with Crippen molar-refractivity contribution in [3.8, 4) is 0 Å². The lowest BCUT2D eigenvalue weighted by molar-refractivity contribution is -0.135. The van der Waals surface area contributed by atoms with Crippen LogP contribution in [-0.4, -0.2) is 30.7 Å². The molecule has 0 heterocycles. The predicted molar refractivity (Wildman–Crippen MR) is 80.2 cm³/mol. The molecular formula is C16H30N2O2. The van der Waals surface area contributed by atoms with Gasteiger partial charge in [-0.2, -0.15) is 0 Å². The first-order valence-corrected chi connectivity index (χ1v) is 7.86. The van der Waals surface area contributed by atoms with E-state index in [-0.39, 0.29) is 28.8 Å². The molecule has 3 N–H and O–H groups in total. The first kappa shape index (κ1) is 15.8. The molecule has 4 heteroatoms. The minimum atomic E-state index is -0.0212. The third-order valence-electron chi connectivity index (χ3n) is 5.47. The first-order chi connectivity index (χ1) is 9.19. The second-order valence-corrected chi connectivity index (χ2v) is 7.74. The van der Waals surface area contributed by atoms with Crippen LogP contribution in [0.3, 0.4) is 0 Å². The van der Waals surface area contributed by atoms with Gasteiger partial charge in [-0.1, -0.05) is 27.7 Å². The van der Waals surface area contributed by atoms with Gasteiger partial charge in [0.1, 0.15) is 0 Å². The first-order valence-electron chi connectivity index (χ1n) is 7.86. The predicted octanol–water partition coefficient (Wildman–Crippen LogP) is 2.07. The Bertz CT molecular complexity index is 357.